The van der Waals surface area contributed by atoms with Crippen LogP contribution >= 0.6 is 11.8 Å². The summed E-state index contributed by atoms with van der Waals surface area (Å²) < 4.78 is 5.10. The van der Waals surface area contributed by atoms with E-state index in [4.69, 9.17) is 4.74 Å². The van der Waals surface area contributed by atoms with Crippen LogP contribution in [0.4, 0.5) is 5.69 Å². The number of carbonyl (C=O) groups is 2. The van der Waals surface area contributed by atoms with E-state index in [1.165, 1.54) is 11.8 Å². The molecule has 5 nitrogen and oxygen atoms in total. The number of ether oxygens (including phenoxy) is 1. The highest BCUT2D eigenvalue weighted by atomic mass is 32.2. The molecule has 1 heterocycles. The normalized spacial score (nSPS) is 16.0. The van der Waals surface area contributed by atoms with E-state index in [1.54, 1.807) is 7.11 Å². The summed E-state index contributed by atoms with van der Waals surface area (Å²) in [6.07, 6.45) is 0.154. The molecule has 0 radical (unpaired) electrons. The van der Waals surface area contributed by atoms with Crippen LogP contribution in [0.25, 0.3) is 0 Å². The smallest absolute Gasteiger partial charge is 0.238 e. The number of anilines is 1. The van der Waals surface area contributed by atoms with Gasteiger partial charge in [0.25, 0.3) is 0 Å². The lowest BCUT2D eigenvalue weighted by atomic mass is 10.2. The molecule has 2 aromatic rings. The monoisotopic (exact) mass is 342 g/mol. The Morgan fingerprint density at radius 3 is 2.71 bits per heavy atom. The number of rotatable bonds is 5. The van der Waals surface area contributed by atoms with Gasteiger partial charge in [0.05, 0.1) is 18.0 Å². The molecule has 2 amide bonds. The Morgan fingerprint density at radius 2 is 1.96 bits per heavy atom. The maximum atomic E-state index is 12.1. The second-order valence-electron chi connectivity index (χ2n) is 5.42. The van der Waals surface area contributed by atoms with Crippen molar-refractivity contribution in [2.75, 3.05) is 12.4 Å². The molecule has 3 rings (SSSR count). The van der Waals surface area contributed by atoms with Gasteiger partial charge in [-0.25, -0.2) is 0 Å². The van der Waals surface area contributed by atoms with Crippen LogP contribution in [0.15, 0.2) is 53.4 Å². The molecule has 1 atom stereocenters. The summed E-state index contributed by atoms with van der Waals surface area (Å²) in [5.74, 6) is 0.509. The largest absolute Gasteiger partial charge is 0.497 e. The zero-order valence-electron chi connectivity index (χ0n) is 13.2. The SMILES string of the molecule is COc1ccc(CNC(=O)C[C@H]2Sc3ccccc3NC2=O)cc1. The Hall–Kier alpha value is -2.47. The second-order valence-corrected chi connectivity index (χ2v) is 6.67. The fraction of sp³-hybridized carbons (Fsp3) is 0.222. The van der Waals surface area contributed by atoms with Crippen LogP contribution in [0.3, 0.4) is 0 Å². The Morgan fingerprint density at radius 1 is 1.21 bits per heavy atom. The highest BCUT2D eigenvalue weighted by Crippen LogP contribution is 2.36. The number of para-hydroxylation sites is 1. The number of methoxy groups -OCH3 is 1. The number of thioether (sulfide) groups is 1. The summed E-state index contributed by atoms with van der Waals surface area (Å²) in [5.41, 5.74) is 1.79. The molecular weight excluding hydrogens is 324 g/mol. The first-order chi connectivity index (χ1) is 11.7. The van der Waals surface area contributed by atoms with Crippen LogP contribution in [0.5, 0.6) is 5.75 Å². The van der Waals surface area contributed by atoms with Crippen molar-refractivity contribution < 1.29 is 14.3 Å². The molecule has 0 saturated carbocycles. The van der Waals surface area contributed by atoms with Crippen molar-refractivity contribution in [1.82, 2.24) is 5.32 Å². The third-order valence-corrected chi connectivity index (χ3v) is 5.00. The number of hydrogen-bond donors (Lipinski definition) is 2. The molecule has 0 aromatic heterocycles. The van der Waals surface area contributed by atoms with Crippen LogP contribution in [0, 0.1) is 0 Å². The lowest BCUT2D eigenvalue weighted by Gasteiger charge is -2.23. The summed E-state index contributed by atoms with van der Waals surface area (Å²) in [6, 6.07) is 15.1. The Labute approximate surface area is 144 Å². The molecule has 124 valence electrons. The van der Waals surface area contributed by atoms with Crippen molar-refractivity contribution in [2.24, 2.45) is 0 Å². The number of fused-ring (bicyclic) bond motifs is 1. The van der Waals surface area contributed by atoms with Gasteiger partial charge in [-0.1, -0.05) is 24.3 Å². The first-order valence-corrected chi connectivity index (χ1v) is 8.50. The van der Waals surface area contributed by atoms with E-state index in [0.717, 1.165) is 21.9 Å². The van der Waals surface area contributed by atoms with E-state index in [9.17, 15) is 9.59 Å². The molecular formula is C18H18N2O3S. The molecule has 1 aliphatic rings. The fourth-order valence-electron chi connectivity index (χ4n) is 2.41. The van der Waals surface area contributed by atoms with Gasteiger partial charge >= 0.3 is 0 Å². The van der Waals surface area contributed by atoms with Gasteiger partial charge in [0.1, 0.15) is 5.75 Å². The molecule has 2 N–H and O–H groups in total. The summed E-state index contributed by atoms with van der Waals surface area (Å²) in [4.78, 5) is 25.2. The van der Waals surface area contributed by atoms with Crippen LogP contribution in [-0.4, -0.2) is 24.2 Å². The predicted octanol–water partition coefficient (Wildman–Crippen LogP) is 2.81. The van der Waals surface area contributed by atoms with Crippen LogP contribution < -0.4 is 15.4 Å². The summed E-state index contributed by atoms with van der Waals surface area (Å²) in [7, 11) is 1.61. The highest BCUT2D eigenvalue weighted by molar-refractivity contribution is 8.01. The lowest BCUT2D eigenvalue weighted by molar-refractivity contribution is -0.124. The zero-order chi connectivity index (χ0) is 16.9. The van der Waals surface area contributed by atoms with E-state index >= 15 is 0 Å². The standard InChI is InChI=1S/C18H18N2O3S/c1-23-13-8-6-12(7-9-13)11-19-17(21)10-16-18(22)20-14-4-2-3-5-15(14)24-16/h2-9,16H,10-11H2,1H3,(H,19,21)(H,20,22)/t16-/m1/s1. The minimum atomic E-state index is -0.407. The lowest BCUT2D eigenvalue weighted by Crippen LogP contribution is -2.34. The highest BCUT2D eigenvalue weighted by Gasteiger charge is 2.28. The van der Waals surface area contributed by atoms with Gasteiger partial charge in [-0.2, -0.15) is 0 Å². The number of hydrogen-bond acceptors (Lipinski definition) is 4. The molecule has 0 aliphatic carbocycles. The van der Waals surface area contributed by atoms with Gasteiger partial charge in [-0.15, -0.1) is 11.8 Å². The minimum Gasteiger partial charge on any atom is -0.497 e. The number of nitrogens with one attached hydrogen (secondary N) is 2. The quantitative estimate of drug-likeness (QED) is 0.877. The van der Waals surface area contributed by atoms with E-state index in [1.807, 2.05) is 48.5 Å². The van der Waals surface area contributed by atoms with Crippen molar-refractivity contribution >= 4 is 29.3 Å². The Bertz CT molecular complexity index is 746. The van der Waals surface area contributed by atoms with Crippen molar-refractivity contribution in [2.45, 2.75) is 23.1 Å². The number of benzene rings is 2. The second kappa shape index (κ2) is 7.40. The predicted molar refractivity (Wildman–Crippen MR) is 94.2 cm³/mol. The van der Waals surface area contributed by atoms with Crippen molar-refractivity contribution in [1.29, 1.82) is 0 Å². The Balaban J connectivity index is 1.54. The molecule has 0 unspecified atom stereocenters. The first-order valence-electron chi connectivity index (χ1n) is 7.62. The van der Waals surface area contributed by atoms with Gasteiger partial charge < -0.3 is 15.4 Å². The summed E-state index contributed by atoms with van der Waals surface area (Å²) in [6.45, 7) is 0.429. The summed E-state index contributed by atoms with van der Waals surface area (Å²) >= 11 is 1.43. The number of carbonyl (C=O) groups excluding carboxylic acids is 2. The molecule has 0 spiro atoms. The molecule has 0 saturated heterocycles. The van der Waals surface area contributed by atoms with Gasteiger partial charge in [0.15, 0.2) is 0 Å². The third kappa shape index (κ3) is 3.89. The fourth-order valence-corrected chi connectivity index (χ4v) is 3.52. The van der Waals surface area contributed by atoms with Crippen LogP contribution in [-0.2, 0) is 16.1 Å². The molecule has 0 bridgehead atoms. The van der Waals surface area contributed by atoms with E-state index < -0.39 is 5.25 Å². The average Bonchev–Trinajstić information content (AvgIpc) is 2.61. The van der Waals surface area contributed by atoms with E-state index in [-0.39, 0.29) is 18.2 Å². The van der Waals surface area contributed by atoms with E-state index in [2.05, 4.69) is 10.6 Å². The molecule has 6 heteroatoms. The van der Waals surface area contributed by atoms with Gasteiger partial charge in [0.2, 0.25) is 11.8 Å². The third-order valence-electron chi connectivity index (χ3n) is 3.73. The summed E-state index contributed by atoms with van der Waals surface area (Å²) in [5, 5.41) is 5.30. The minimum absolute atomic E-state index is 0.127. The van der Waals surface area contributed by atoms with Crippen molar-refractivity contribution in [3.05, 3.63) is 54.1 Å². The molecule has 24 heavy (non-hydrogen) atoms. The topological polar surface area (TPSA) is 67.4 Å². The maximum Gasteiger partial charge on any atom is 0.238 e. The molecule has 2 aromatic carbocycles. The van der Waals surface area contributed by atoms with Crippen molar-refractivity contribution in [3.8, 4) is 5.75 Å². The van der Waals surface area contributed by atoms with Crippen LogP contribution in [0.2, 0.25) is 0 Å². The zero-order valence-corrected chi connectivity index (χ0v) is 14.1. The average molecular weight is 342 g/mol. The molecule has 1 aliphatic heterocycles. The molecule has 0 fully saturated rings. The van der Waals surface area contributed by atoms with E-state index in [0.29, 0.717) is 6.54 Å². The van der Waals surface area contributed by atoms with Gasteiger partial charge in [0, 0.05) is 17.9 Å². The van der Waals surface area contributed by atoms with Crippen molar-refractivity contribution in [3.63, 3.8) is 0 Å². The first kappa shape index (κ1) is 16.4. The van der Waals surface area contributed by atoms with Gasteiger partial charge in [-0.3, -0.25) is 9.59 Å². The number of amides is 2. The van der Waals surface area contributed by atoms with Crippen LogP contribution in [0.1, 0.15) is 12.0 Å². The maximum absolute atomic E-state index is 12.1. The van der Waals surface area contributed by atoms with Gasteiger partial charge in [-0.05, 0) is 29.8 Å². The Kier molecular flexibility index (Phi) is 5.05.